The van der Waals surface area contributed by atoms with Crippen LogP contribution in [0.3, 0.4) is 0 Å². The molecule has 2 aromatic rings. The summed E-state index contributed by atoms with van der Waals surface area (Å²) in [6.07, 6.45) is 1.74. The first-order chi connectivity index (χ1) is 8.90. The number of hydrogen-bond acceptors (Lipinski definition) is 6. The van der Waals surface area contributed by atoms with Crippen molar-refractivity contribution in [3.63, 3.8) is 0 Å². The number of aromatic nitrogens is 2. The molecule has 2 rings (SSSR count). The molecule has 0 saturated carbocycles. The van der Waals surface area contributed by atoms with Crippen LogP contribution in [0.25, 0.3) is 0 Å². The van der Waals surface area contributed by atoms with Gasteiger partial charge in [-0.15, -0.1) is 11.3 Å². The average Bonchev–Trinajstić information content (AvgIpc) is 2.85. The first-order valence-electron chi connectivity index (χ1n) is 5.64. The van der Waals surface area contributed by atoms with E-state index < -0.39 is 11.4 Å². The van der Waals surface area contributed by atoms with Crippen LogP contribution in [0, 0.1) is 0 Å². The van der Waals surface area contributed by atoms with Crippen molar-refractivity contribution in [2.24, 2.45) is 5.73 Å². The zero-order valence-corrected chi connectivity index (χ0v) is 11.5. The molecule has 0 radical (unpaired) electrons. The molecule has 100 valence electrons. The number of carbonyl (C=O) groups is 1. The number of primary amides is 1. The molecule has 0 bridgehead atoms. The number of hydrogen-bond donors (Lipinski definition) is 3. The number of nitrogen functional groups attached to an aromatic ring is 1. The minimum atomic E-state index is -0.588. The van der Waals surface area contributed by atoms with Crippen molar-refractivity contribution >= 4 is 28.7 Å². The Balaban J connectivity index is 2.33. The average molecular weight is 277 g/mol. The predicted molar refractivity (Wildman–Crippen MR) is 75.9 cm³/mol. The molecule has 0 aliphatic heterocycles. The van der Waals surface area contributed by atoms with E-state index in [1.165, 1.54) is 17.4 Å². The monoisotopic (exact) mass is 277 g/mol. The Kier molecular flexibility index (Phi) is 3.39. The van der Waals surface area contributed by atoms with Crippen molar-refractivity contribution in [2.75, 3.05) is 11.1 Å². The lowest BCUT2D eigenvalue weighted by Crippen LogP contribution is -2.29. The summed E-state index contributed by atoms with van der Waals surface area (Å²) in [6.45, 7) is 3.92. The van der Waals surface area contributed by atoms with Crippen LogP contribution in [0.15, 0.2) is 23.7 Å². The highest BCUT2D eigenvalue weighted by Gasteiger charge is 2.24. The van der Waals surface area contributed by atoms with Crippen molar-refractivity contribution in [3.8, 4) is 0 Å². The molecule has 0 aromatic carbocycles. The summed E-state index contributed by atoms with van der Waals surface area (Å²) in [4.78, 5) is 19.5. The molecule has 6 nitrogen and oxygen atoms in total. The van der Waals surface area contributed by atoms with Gasteiger partial charge < -0.3 is 16.8 Å². The highest BCUT2D eigenvalue weighted by molar-refractivity contribution is 7.09. The molecule has 0 aliphatic rings. The van der Waals surface area contributed by atoms with Gasteiger partial charge in [-0.05, 0) is 26.0 Å². The fraction of sp³-hybridized carbons (Fsp3) is 0.250. The van der Waals surface area contributed by atoms with E-state index in [2.05, 4.69) is 15.3 Å². The van der Waals surface area contributed by atoms with Crippen LogP contribution in [-0.4, -0.2) is 15.9 Å². The summed E-state index contributed by atoms with van der Waals surface area (Å²) in [5.74, 6) is -0.161. The molecule has 7 heteroatoms. The normalized spacial score (nSPS) is 11.3. The topological polar surface area (TPSA) is 107 Å². The number of carbonyl (C=O) groups excluding carboxylic acids is 1. The van der Waals surface area contributed by atoms with E-state index in [0.717, 1.165) is 5.01 Å². The molecule has 1 amide bonds. The van der Waals surface area contributed by atoms with Crippen molar-refractivity contribution in [3.05, 3.63) is 34.4 Å². The zero-order chi connectivity index (χ0) is 14.0. The Hall–Kier alpha value is -2.15. The lowest BCUT2D eigenvalue weighted by molar-refractivity contribution is 0.0995. The van der Waals surface area contributed by atoms with E-state index in [4.69, 9.17) is 11.5 Å². The minimum Gasteiger partial charge on any atom is -0.396 e. The number of nitrogens with one attached hydrogen (secondary N) is 1. The fourth-order valence-corrected chi connectivity index (χ4v) is 2.31. The highest BCUT2D eigenvalue weighted by atomic mass is 32.1. The first-order valence-corrected chi connectivity index (χ1v) is 6.52. The third-order valence-electron chi connectivity index (χ3n) is 2.58. The van der Waals surface area contributed by atoms with Crippen LogP contribution >= 0.6 is 11.3 Å². The Labute approximate surface area is 114 Å². The molecule has 0 fully saturated rings. The van der Waals surface area contributed by atoms with E-state index in [-0.39, 0.29) is 5.69 Å². The lowest BCUT2D eigenvalue weighted by Gasteiger charge is -2.25. The van der Waals surface area contributed by atoms with Crippen molar-refractivity contribution < 1.29 is 4.79 Å². The molecule has 0 saturated heterocycles. The van der Waals surface area contributed by atoms with Crippen molar-refractivity contribution in [2.45, 2.75) is 19.4 Å². The fourth-order valence-electron chi connectivity index (χ4n) is 1.59. The standard InChI is InChI=1S/C12H15N5OS/c1-12(2,11-15-5-6-19-11)17-10-7(13)3-4-8(16-10)9(14)18/h3-6H,13H2,1-2H3,(H2,14,18)(H,16,17). The minimum absolute atomic E-state index is 0.173. The summed E-state index contributed by atoms with van der Waals surface area (Å²) in [5, 5.41) is 5.99. The molecule has 19 heavy (non-hydrogen) atoms. The van der Waals surface area contributed by atoms with Gasteiger partial charge in [0.2, 0.25) is 0 Å². The van der Waals surface area contributed by atoms with Crippen LogP contribution in [0.5, 0.6) is 0 Å². The summed E-state index contributed by atoms with van der Waals surface area (Å²) in [6, 6.07) is 3.10. The second kappa shape index (κ2) is 4.85. The van der Waals surface area contributed by atoms with Crippen LogP contribution in [0.2, 0.25) is 0 Å². The Morgan fingerprint density at radius 3 is 2.74 bits per heavy atom. The molecule has 0 unspecified atom stereocenters. The second-order valence-corrected chi connectivity index (χ2v) is 5.48. The maximum atomic E-state index is 11.1. The molecule has 5 N–H and O–H groups in total. The van der Waals surface area contributed by atoms with Crippen LogP contribution in [0.4, 0.5) is 11.5 Å². The number of nitrogens with two attached hydrogens (primary N) is 2. The van der Waals surface area contributed by atoms with Gasteiger partial charge in [0.05, 0.1) is 11.2 Å². The zero-order valence-electron chi connectivity index (χ0n) is 10.7. The predicted octanol–water partition coefficient (Wildman–Crippen LogP) is 1.57. The van der Waals surface area contributed by atoms with E-state index in [1.807, 2.05) is 19.2 Å². The summed E-state index contributed by atoms with van der Waals surface area (Å²) in [7, 11) is 0. The third-order valence-corrected chi connectivity index (χ3v) is 3.67. The van der Waals surface area contributed by atoms with Gasteiger partial charge >= 0.3 is 0 Å². The largest absolute Gasteiger partial charge is 0.396 e. The number of anilines is 2. The van der Waals surface area contributed by atoms with Crippen LogP contribution in [0.1, 0.15) is 29.3 Å². The molecular formula is C12H15N5OS. The van der Waals surface area contributed by atoms with E-state index >= 15 is 0 Å². The van der Waals surface area contributed by atoms with Gasteiger partial charge in [-0.1, -0.05) is 0 Å². The van der Waals surface area contributed by atoms with Crippen molar-refractivity contribution in [1.29, 1.82) is 0 Å². The maximum Gasteiger partial charge on any atom is 0.267 e. The quantitative estimate of drug-likeness (QED) is 0.786. The van der Waals surface area contributed by atoms with Gasteiger partial charge in [0.25, 0.3) is 5.91 Å². The number of thiazole rings is 1. The van der Waals surface area contributed by atoms with Gasteiger partial charge in [-0.3, -0.25) is 4.79 Å². The van der Waals surface area contributed by atoms with Crippen LogP contribution < -0.4 is 16.8 Å². The lowest BCUT2D eigenvalue weighted by atomic mass is 10.1. The van der Waals surface area contributed by atoms with Gasteiger partial charge in [-0.25, -0.2) is 9.97 Å². The van der Waals surface area contributed by atoms with Gasteiger partial charge in [0, 0.05) is 11.6 Å². The number of nitrogens with zero attached hydrogens (tertiary/aromatic N) is 2. The molecule has 0 aliphatic carbocycles. The van der Waals surface area contributed by atoms with E-state index in [0.29, 0.717) is 11.5 Å². The van der Waals surface area contributed by atoms with Gasteiger partial charge in [0.15, 0.2) is 5.82 Å². The maximum absolute atomic E-state index is 11.1. The highest BCUT2D eigenvalue weighted by Crippen LogP contribution is 2.28. The van der Waals surface area contributed by atoms with Crippen molar-refractivity contribution in [1.82, 2.24) is 9.97 Å². The van der Waals surface area contributed by atoms with Gasteiger partial charge in [-0.2, -0.15) is 0 Å². The third kappa shape index (κ3) is 2.82. The molecular weight excluding hydrogens is 262 g/mol. The molecule has 0 spiro atoms. The molecule has 2 aromatic heterocycles. The Morgan fingerprint density at radius 1 is 1.42 bits per heavy atom. The summed E-state index contributed by atoms with van der Waals surface area (Å²) < 4.78 is 0. The van der Waals surface area contributed by atoms with E-state index in [9.17, 15) is 4.79 Å². The number of rotatable bonds is 4. The molecule has 0 atom stereocenters. The molecule has 2 heterocycles. The summed E-state index contributed by atoms with van der Waals surface area (Å²) in [5.41, 5.74) is 11.3. The van der Waals surface area contributed by atoms with Crippen LogP contribution in [-0.2, 0) is 5.54 Å². The Bertz CT molecular complexity index is 594. The SMILES string of the molecule is CC(C)(Nc1nc(C(N)=O)ccc1N)c1nccs1. The number of pyridine rings is 1. The smallest absolute Gasteiger partial charge is 0.267 e. The number of amides is 1. The summed E-state index contributed by atoms with van der Waals surface area (Å²) >= 11 is 1.53. The van der Waals surface area contributed by atoms with Gasteiger partial charge in [0.1, 0.15) is 10.7 Å². The Morgan fingerprint density at radius 2 is 2.16 bits per heavy atom. The second-order valence-electron chi connectivity index (χ2n) is 4.59. The first kappa shape index (κ1) is 13.3. The van der Waals surface area contributed by atoms with E-state index in [1.54, 1.807) is 12.3 Å².